The van der Waals surface area contributed by atoms with Crippen LogP contribution in [0, 0.1) is 0 Å². The van der Waals surface area contributed by atoms with E-state index < -0.39 is 0 Å². The minimum atomic E-state index is 0.347. The zero-order valence-electron chi connectivity index (χ0n) is 10.0. The number of anilines is 1. The zero-order valence-corrected chi connectivity index (χ0v) is 10.8. The number of nitrogens with zero attached hydrogens (tertiary/aromatic N) is 2. The normalized spacial score (nSPS) is 11.1. The van der Waals surface area contributed by atoms with Crippen LogP contribution >= 0.6 is 11.6 Å². The Kier molecular flexibility index (Phi) is 3.38. The fourth-order valence-corrected chi connectivity index (χ4v) is 2.15. The predicted molar refractivity (Wildman–Crippen MR) is 71.3 cm³/mol. The van der Waals surface area contributed by atoms with Crippen LogP contribution in [0.5, 0.6) is 0 Å². The summed E-state index contributed by atoms with van der Waals surface area (Å²) in [5, 5.41) is 5.07. The van der Waals surface area contributed by atoms with Crippen LogP contribution < -0.4 is 5.73 Å². The second-order valence-electron chi connectivity index (χ2n) is 4.39. The first kappa shape index (κ1) is 12.0. The molecular weight excluding hydrogens is 234 g/mol. The lowest BCUT2D eigenvalue weighted by Gasteiger charge is -2.12. The van der Waals surface area contributed by atoms with Gasteiger partial charge in [-0.2, -0.15) is 5.10 Å². The summed E-state index contributed by atoms with van der Waals surface area (Å²) >= 11 is 6.14. The lowest BCUT2D eigenvalue weighted by Crippen LogP contribution is -2.09. The van der Waals surface area contributed by atoms with Crippen LogP contribution in [0.3, 0.4) is 0 Å². The fraction of sp³-hybridized carbons (Fsp3) is 0.308. The lowest BCUT2D eigenvalue weighted by molar-refractivity contribution is 0.619. The molecule has 0 fully saturated rings. The van der Waals surface area contributed by atoms with Gasteiger partial charge in [-0.05, 0) is 17.5 Å². The van der Waals surface area contributed by atoms with Crippen LogP contribution in [0.25, 0.3) is 0 Å². The molecule has 1 aromatic heterocycles. The molecule has 4 heteroatoms. The second-order valence-corrected chi connectivity index (χ2v) is 4.80. The van der Waals surface area contributed by atoms with Crippen LogP contribution in [-0.4, -0.2) is 9.78 Å². The van der Waals surface area contributed by atoms with Gasteiger partial charge in [0.15, 0.2) is 0 Å². The Bertz CT molecular complexity index is 517. The third-order valence-electron chi connectivity index (χ3n) is 2.73. The Morgan fingerprint density at radius 1 is 1.35 bits per heavy atom. The van der Waals surface area contributed by atoms with Crippen molar-refractivity contribution in [3.05, 3.63) is 46.7 Å². The summed E-state index contributed by atoms with van der Waals surface area (Å²) in [5.41, 5.74) is 8.78. The molecule has 0 radical (unpaired) electrons. The summed E-state index contributed by atoms with van der Waals surface area (Å²) in [6, 6.07) is 7.79. The van der Waals surface area contributed by atoms with E-state index in [0.717, 1.165) is 22.0 Å². The van der Waals surface area contributed by atoms with E-state index in [2.05, 4.69) is 18.9 Å². The minimum Gasteiger partial charge on any atom is -0.396 e. The Balaban J connectivity index is 2.34. The Morgan fingerprint density at radius 3 is 2.71 bits per heavy atom. The zero-order chi connectivity index (χ0) is 12.4. The molecule has 1 aromatic carbocycles. The average molecular weight is 250 g/mol. The number of hydrogen-bond acceptors (Lipinski definition) is 2. The molecule has 3 nitrogen and oxygen atoms in total. The van der Waals surface area contributed by atoms with Crippen molar-refractivity contribution in [3.63, 3.8) is 0 Å². The van der Waals surface area contributed by atoms with Crippen LogP contribution in [0.1, 0.15) is 31.0 Å². The van der Waals surface area contributed by atoms with E-state index in [-0.39, 0.29) is 0 Å². The maximum Gasteiger partial charge on any atom is 0.0735 e. The van der Waals surface area contributed by atoms with Gasteiger partial charge in [-0.1, -0.05) is 43.6 Å². The van der Waals surface area contributed by atoms with E-state index in [9.17, 15) is 0 Å². The van der Waals surface area contributed by atoms with Gasteiger partial charge in [0.25, 0.3) is 0 Å². The number of halogens is 1. The van der Waals surface area contributed by atoms with E-state index >= 15 is 0 Å². The molecule has 17 heavy (non-hydrogen) atoms. The van der Waals surface area contributed by atoms with E-state index in [1.807, 2.05) is 28.9 Å². The maximum atomic E-state index is 6.14. The Labute approximate surface area is 106 Å². The molecule has 90 valence electrons. The molecule has 0 aliphatic heterocycles. The molecular formula is C13H16ClN3. The third-order valence-corrected chi connectivity index (χ3v) is 3.10. The van der Waals surface area contributed by atoms with Crippen molar-refractivity contribution in [1.82, 2.24) is 9.78 Å². The molecule has 0 aliphatic rings. The molecule has 1 heterocycles. The highest BCUT2D eigenvalue weighted by Crippen LogP contribution is 2.23. The van der Waals surface area contributed by atoms with Crippen molar-refractivity contribution >= 4 is 17.3 Å². The molecule has 0 saturated carbocycles. The number of hydrogen-bond donors (Lipinski definition) is 1. The summed E-state index contributed by atoms with van der Waals surface area (Å²) in [4.78, 5) is 0. The van der Waals surface area contributed by atoms with E-state index in [0.29, 0.717) is 12.5 Å². The third kappa shape index (κ3) is 2.44. The molecule has 0 aliphatic carbocycles. The van der Waals surface area contributed by atoms with Gasteiger partial charge < -0.3 is 5.73 Å². The quantitative estimate of drug-likeness (QED) is 0.907. The SMILES string of the molecule is CC(C)c1c(N)cnn1Cc1ccccc1Cl. The van der Waals surface area contributed by atoms with Gasteiger partial charge in [0.2, 0.25) is 0 Å². The topological polar surface area (TPSA) is 43.8 Å². The standard InChI is InChI=1S/C13H16ClN3/c1-9(2)13-12(15)7-16-17(13)8-10-5-3-4-6-11(10)14/h3-7,9H,8,15H2,1-2H3. The highest BCUT2D eigenvalue weighted by atomic mass is 35.5. The summed E-state index contributed by atoms with van der Waals surface area (Å²) in [7, 11) is 0. The average Bonchev–Trinajstić information content (AvgIpc) is 2.63. The van der Waals surface area contributed by atoms with Crippen molar-refractivity contribution in [2.75, 3.05) is 5.73 Å². The molecule has 2 rings (SSSR count). The molecule has 0 spiro atoms. The van der Waals surface area contributed by atoms with Crippen molar-refractivity contribution in [3.8, 4) is 0 Å². The molecule has 2 N–H and O–H groups in total. The summed E-state index contributed by atoms with van der Waals surface area (Å²) in [6.07, 6.45) is 1.70. The number of aromatic nitrogens is 2. The molecule has 2 aromatic rings. The highest BCUT2D eigenvalue weighted by Gasteiger charge is 2.12. The van der Waals surface area contributed by atoms with Gasteiger partial charge in [0, 0.05) is 5.02 Å². The number of nitrogens with two attached hydrogens (primary N) is 1. The highest BCUT2D eigenvalue weighted by molar-refractivity contribution is 6.31. The Hall–Kier alpha value is -1.48. The first-order valence-corrected chi connectivity index (χ1v) is 6.02. The first-order chi connectivity index (χ1) is 8.09. The van der Waals surface area contributed by atoms with Gasteiger partial charge >= 0.3 is 0 Å². The summed E-state index contributed by atoms with van der Waals surface area (Å²) in [6.45, 7) is 4.87. The molecule has 0 atom stereocenters. The van der Waals surface area contributed by atoms with E-state index in [1.54, 1.807) is 6.20 Å². The fourth-order valence-electron chi connectivity index (χ4n) is 1.95. The number of rotatable bonds is 3. The second kappa shape index (κ2) is 4.80. The number of benzene rings is 1. The molecule has 0 bridgehead atoms. The van der Waals surface area contributed by atoms with E-state index in [1.165, 1.54) is 0 Å². The lowest BCUT2D eigenvalue weighted by atomic mass is 10.1. The summed E-state index contributed by atoms with van der Waals surface area (Å²) < 4.78 is 1.92. The molecule has 0 amide bonds. The van der Waals surface area contributed by atoms with Crippen LogP contribution in [0.4, 0.5) is 5.69 Å². The smallest absolute Gasteiger partial charge is 0.0735 e. The first-order valence-electron chi connectivity index (χ1n) is 5.64. The van der Waals surface area contributed by atoms with Crippen molar-refractivity contribution in [2.24, 2.45) is 0 Å². The van der Waals surface area contributed by atoms with Gasteiger partial charge in [-0.25, -0.2) is 0 Å². The van der Waals surface area contributed by atoms with Gasteiger partial charge in [-0.3, -0.25) is 4.68 Å². The van der Waals surface area contributed by atoms with Crippen LogP contribution in [0.2, 0.25) is 5.02 Å². The van der Waals surface area contributed by atoms with Crippen molar-refractivity contribution < 1.29 is 0 Å². The predicted octanol–water partition coefficient (Wildman–Crippen LogP) is 3.29. The van der Waals surface area contributed by atoms with Crippen molar-refractivity contribution in [1.29, 1.82) is 0 Å². The van der Waals surface area contributed by atoms with Crippen LogP contribution in [0.15, 0.2) is 30.5 Å². The monoisotopic (exact) mass is 249 g/mol. The van der Waals surface area contributed by atoms with Crippen molar-refractivity contribution in [2.45, 2.75) is 26.3 Å². The largest absolute Gasteiger partial charge is 0.396 e. The Morgan fingerprint density at radius 2 is 2.06 bits per heavy atom. The van der Waals surface area contributed by atoms with Crippen LogP contribution in [-0.2, 0) is 6.54 Å². The van der Waals surface area contributed by atoms with Gasteiger partial charge in [-0.15, -0.1) is 0 Å². The summed E-state index contributed by atoms with van der Waals surface area (Å²) in [5.74, 6) is 0.347. The maximum absolute atomic E-state index is 6.14. The number of nitrogen functional groups attached to an aromatic ring is 1. The van der Waals surface area contributed by atoms with Gasteiger partial charge in [0.1, 0.15) is 0 Å². The molecule has 0 unspecified atom stereocenters. The minimum absolute atomic E-state index is 0.347. The molecule has 0 saturated heterocycles. The van der Waals surface area contributed by atoms with Gasteiger partial charge in [0.05, 0.1) is 24.1 Å². The van der Waals surface area contributed by atoms with E-state index in [4.69, 9.17) is 17.3 Å².